The molecule has 0 heterocycles. The van der Waals surface area contributed by atoms with Crippen LogP contribution in [0.25, 0.3) is 0 Å². The minimum atomic E-state index is -1.57. The molecule has 1 amide bonds. The van der Waals surface area contributed by atoms with Gasteiger partial charge in [0.2, 0.25) is 0 Å². The molecule has 3 N–H and O–H groups in total. The summed E-state index contributed by atoms with van der Waals surface area (Å²) in [6.07, 6.45) is 2.77. The highest BCUT2D eigenvalue weighted by atomic mass is 19.2. The Hall–Kier alpha value is -1.56. The molecule has 104 valence electrons. The van der Waals surface area contributed by atoms with Crippen LogP contribution >= 0.6 is 0 Å². The van der Waals surface area contributed by atoms with E-state index < -0.39 is 23.4 Å². The van der Waals surface area contributed by atoms with Gasteiger partial charge in [-0.1, -0.05) is 0 Å². The first-order chi connectivity index (χ1) is 8.97. The summed E-state index contributed by atoms with van der Waals surface area (Å²) in [5, 5.41) is 2.61. The zero-order valence-corrected chi connectivity index (χ0v) is 10.3. The Morgan fingerprint density at radius 3 is 2.32 bits per heavy atom. The van der Waals surface area contributed by atoms with Gasteiger partial charge in [0.15, 0.2) is 17.5 Å². The molecule has 1 aromatic rings. The molecular weight excluding hydrogens is 257 g/mol. The summed E-state index contributed by atoms with van der Waals surface area (Å²) in [4.78, 5) is 11.7. The minimum Gasteiger partial charge on any atom is -0.351 e. The van der Waals surface area contributed by atoms with Crippen molar-refractivity contribution in [2.24, 2.45) is 11.1 Å². The number of hydrogen-bond donors (Lipinski definition) is 2. The highest BCUT2D eigenvalue weighted by Gasteiger charge is 2.41. The second-order valence-corrected chi connectivity index (χ2v) is 4.98. The van der Waals surface area contributed by atoms with E-state index in [0.29, 0.717) is 25.2 Å². The SMILES string of the molecule is NCCC1(CNC(=O)c2cc(F)c(F)c(F)c2)CC1. The lowest BCUT2D eigenvalue weighted by atomic mass is 10.0. The number of rotatable bonds is 5. The van der Waals surface area contributed by atoms with Gasteiger partial charge in [0.05, 0.1) is 0 Å². The molecule has 1 aliphatic carbocycles. The Morgan fingerprint density at radius 2 is 1.84 bits per heavy atom. The average molecular weight is 272 g/mol. The van der Waals surface area contributed by atoms with Crippen molar-refractivity contribution < 1.29 is 18.0 Å². The van der Waals surface area contributed by atoms with E-state index in [0.717, 1.165) is 19.3 Å². The van der Waals surface area contributed by atoms with Gasteiger partial charge < -0.3 is 11.1 Å². The average Bonchev–Trinajstić information content (AvgIpc) is 3.13. The van der Waals surface area contributed by atoms with Crippen LogP contribution in [0.5, 0.6) is 0 Å². The highest BCUT2D eigenvalue weighted by molar-refractivity contribution is 5.94. The van der Waals surface area contributed by atoms with Crippen molar-refractivity contribution >= 4 is 5.91 Å². The molecule has 3 nitrogen and oxygen atoms in total. The maximum Gasteiger partial charge on any atom is 0.251 e. The van der Waals surface area contributed by atoms with Crippen LogP contribution in [0.3, 0.4) is 0 Å². The van der Waals surface area contributed by atoms with Gasteiger partial charge in [-0.15, -0.1) is 0 Å². The topological polar surface area (TPSA) is 55.1 Å². The van der Waals surface area contributed by atoms with Crippen molar-refractivity contribution in [1.82, 2.24) is 5.32 Å². The van der Waals surface area contributed by atoms with Gasteiger partial charge in [0.25, 0.3) is 5.91 Å². The fourth-order valence-electron chi connectivity index (χ4n) is 2.05. The van der Waals surface area contributed by atoms with Crippen LogP contribution in [0.15, 0.2) is 12.1 Å². The second-order valence-electron chi connectivity index (χ2n) is 4.98. The molecule has 2 rings (SSSR count). The lowest BCUT2D eigenvalue weighted by molar-refractivity contribution is 0.0943. The van der Waals surface area contributed by atoms with E-state index in [-0.39, 0.29) is 11.0 Å². The van der Waals surface area contributed by atoms with Crippen LogP contribution in [0.1, 0.15) is 29.6 Å². The molecule has 0 spiro atoms. The quantitative estimate of drug-likeness (QED) is 0.805. The molecule has 0 bridgehead atoms. The zero-order chi connectivity index (χ0) is 14.0. The number of amides is 1. The number of carbonyl (C=O) groups excluding carboxylic acids is 1. The van der Waals surface area contributed by atoms with Crippen molar-refractivity contribution in [3.05, 3.63) is 35.1 Å². The zero-order valence-electron chi connectivity index (χ0n) is 10.3. The molecule has 1 aromatic carbocycles. The summed E-state index contributed by atoms with van der Waals surface area (Å²) in [5.74, 6) is -4.92. The van der Waals surface area contributed by atoms with E-state index in [2.05, 4.69) is 5.32 Å². The molecule has 1 aliphatic rings. The normalized spacial score (nSPS) is 16.2. The van der Waals surface area contributed by atoms with Crippen molar-refractivity contribution in [2.45, 2.75) is 19.3 Å². The molecule has 0 atom stereocenters. The summed E-state index contributed by atoms with van der Waals surface area (Å²) < 4.78 is 38.8. The fraction of sp³-hybridized carbons (Fsp3) is 0.462. The van der Waals surface area contributed by atoms with Crippen molar-refractivity contribution in [3.8, 4) is 0 Å². The van der Waals surface area contributed by atoms with E-state index in [1.807, 2.05) is 0 Å². The van der Waals surface area contributed by atoms with Crippen LogP contribution in [-0.2, 0) is 0 Å². The number of nitrogens with one attached hydrogen (secondary N) is 1. The van der Waals surface area contributed by atoms with Crippen LogP contribution < -0.4 is 11.1 Å². The first kappa shape index (κ1) is 13.9. The van der Waals surface area contributed by atoms with Gasteiger partial charge in [-0.3, -0.25) is 4.79 Å². The van der Waals surface area contributed by atoms with E-state index in [4.69, 9.17) is 5.73 Å². The first-order valence-electron chi connectivity index (χ1n) is 6.10. The number of carbonyl (C=O) groups is 1. The minimum absolute atomic E-state index is 0.0293. The first-order valence-corrected chi connectivity index (χ1v) is 6.10. The predicted octanol–water partition coefficient (Wildman–Crippen LogP) is 1.96. The number of benzene rings is 1. The largest absolute Gasteiger partial charge is 0.351 e. The molecule has 0 radical (unpaired) electrons. The molecule has 1 saturated carbocycles. The Kier molecular flexibility index (Phi) is 3.80. The number of hydrogen-bond acceptors (Lipinski definition) is 2. The van der Waals surface area contributed by atoms with Crippen LogP contribution in [-0.4, -0.2) is 19.0 Å². The van der Waals surface area contributed by atoms with Gasteiger partial charge in [0.1, 0.15) is 0 Å². The van der Waals surface area contributed by atoms with Crippen LogP contribution in [0.4, 0.5) is 13.2 Å². The van der Waals surface area contributed by atoms with Gasteiger partial charge in [0, 0.05) is 12.1 Å². The molecule has 0 unspecified atom stereocenters. The molecule has 1 fully saturated rings. The summed E-state index contributed by atoms with van der Waals surface area (Å²) >= 11 is 0. The molecule has 6 heteroatoms. The molecule has 19 heavy (non-hydrogen) atoms. The standard InChI is InChI=1S/C13H15F3N2O/c14-9-5-8(6-10(15)11(9)16)12(19)18-7-13(1-2-13)3-4-17/h5-6H,1-4,7,17H2,(H,18,19). The molecule has 0 aromatic heterocycles. The highest BCUT2D eigenvalue weighted by Crippen LogP contribution is 2.47. The number of halogens is 3. The molecule has 0 aliphatic heterocycles. The van der Waals surface area contributed by atoms with Crippen LogP contribution in [0.2, 0.25) is 0 Å². The second kappa shape index (κ2) is 5.21. The van der Waals surface area contributed by atoms with E-state index in [1.165, 1.54) is 0 Å². The van der Waals surface area contributed by atoms with E-state index in [9.17, 15) is 18.0 Å². The lowest BCUT2D eigenvalue weighted by Gasteiger charge is -2.14. The summed E-state index contributed by atoms with van der Waals surface area (Å²) in [6.45, 7) is 0.958. The molecular formula is C13H15F3N2O. The summed E-state index contributed by atoms with van der Waals surface area (Å²) in [7, 11) is 0. The monoisotopic (exact) mass is 272 g/mol. The summed E-state index contributed by atoms with van der Waals surface area (Å²) in [6, 6.07) is 1.38. The van der Waals surface area contributed by atoms with E-state index in [1.54, 1.807) is 0 Å². The van der Waals surface area contributed by atoms with E-state index >= 15 is 0 Å². The van der Waals surface area contributed by atoms with Gasteiger partial charge in [-0.25, -0.2) is 13.2 Å². The Bertz CT molecular complexity index is 478. The van der Waals surface area contributed by atoms with Gasteiger partial charge >= 0.3 is 0 Å². The van der Waals surface area contributed by atoms with Gasteiger partial charge in [-0.05, 0) is 43.4 Å². The Morgan fingerprint density at radius 1 is 1.26 bits per heavy atom. The Balaban J connectivity index is 2.01. The third kappa shape index (κ3) is 3.07. The third-order valence-electron chi connectivity index (χ3n) is 3.50. The maximum absolute atomic E-state index is 13.0. The molecule has 0 saturated heterocycles. The third-order valence-corrected chi connectivity index (χ3v) is 3.50. The lowest BCUT2D eigenvalue weighted by Crippen LogP contribution is -2.31. The maximum atomic E-state index is 13.0. The fourth-order valence-corrected chi connectivity index (χ4v) is 2.05. The van der Waals surface area contributed by atoms with Crippen LogP contribution in [0, 0.1) is 22.9 Å². The van der Waals surface area contributed by atoms with Crippen molar-refractivity contribution in [2.75, 3.05) is 13.1 Å². The van der Waals surface area contributed by atoms with Gasteiger partial charge in [-0.2, -0.15) is 0 Å². The predicted molar refractivity (Wildman–Crippen MR) is 64.0 cm³/mol. The summed E-state index contributed by atoms with van der Waals surface area (Å²) in [5.41, 5.74) is 5.28. The van der Waals surface area contributed by atoms with Crippen molar-refractivity contribution in [3.63, 3.8) is 0 Å². The Labute approximate surface area is 109 Å². The van der Waals surface area contributed by atoms with Crippen molar-refractivity contribution in [1.29, 1.82) is 0 Å². The smallest absolute Gasteiger partial charge is 0.251 e. The number of nitrogens with two attached hydrogens (primary N) is 1.